The lowest BCUT2D eigenvalue weighted by atomic mass is 10.3. The number of anilines is 1. The van der Waals surface area contributed by atoms with Gasteiger partial charge in [-0.05, 0) is 24.3 Å². The van der Waals surface area contributed by atoms with Crippen LogP contribution in [0.5, 0.6) is 5.75 Å². The number of para-hydroxylation sites is 1. The van der Waals surface area contributed by atoms with Gasteiger partial charge in [0.05, 0.1) is 0 Å². The van der Waals surface area contributed by atoms with Gasteiger partial charge >= 0.3 is 13.9 Å². The van der Waals surface area contributed by atoms with E-state index in [9.17, 15) is 17.7 Å². The van der Waals surface area contributed by atoms with Crippen molar-refractivity contribution in [2.75, 3.05) is 11.7 Å². The van der Waals surface area contributed by atoms with Gasteiger partial charge in [-0.2, -0.15) is 13.2 Å². The lowest BCUT2D eigenvalue weighted by molar-refractivity contribution is -0.154. The van der Waals surface area contributed by atoms with Gasteiger partial charge < -0.3 is 4.52 Å². The van der Waals surface area contributed by atoms with Crippen molar-refractivity contribution >= 4 is 13.6 Å². The fraction of sp³-hybridized carbons (Fsp3) is 0.154. The number of halogens is 3. The first kappa shape index (κ1) is 16.3. The van der Waals surface area contributed by atoms with Crippen LogP contribution < -0.4 is 9.61 Å². The molecule has 0 saturated carbocycles. The van der Waals surface area contributed by atoms with Gasteiger partial charge in [0.25, 0.3) is 0 Å². The minimum absolute atomic E-state index is 0.0731. The lowest BCUT2D eigenvalue weighted by Crippen LogP contribution is -2.19. The number of nitrogens with one attached hydrogen (secondary N) is 1. The molecule has 22 heavy (non-hydrogen) atoms. The monoisotopic (exact) mass is 332 g/mol. The first-order valence-corrected chi connectivity index (χ1v) is 7.66. The van der Waals surface area contributed by atoms with Crippen LogP contribution in [0.1, 0.15) is 0 Å². The molecule has 0 saturated heterocycles. The largest absolute Gasteiger partial charge is 0.487 e. The van der Waals surface area contributed by atoms with Crippen LogP contribution >= 0.6 is 7.75 Å². The first-order valence-electron chi connectivity index (χ1n) is 6.12. The molecule has 1 N–H and O–H groups in total. The maximum absolute atomic E-state index is 12.5. The van der Waals surface area contributed by atoms with Crippen LogP contribution in [0.4, 0.5) is 19.0 Å². The summed E-state index contributed by atoms with van der Waals surface area (Å²) in [4.78, 5) is 3.83. The van der Waals surface area contributed by atoms with E-state index in [4.69, 9.17) is 4.52 Å². The molecule has 0 aliphatic rings. The van der Waals surface area contributed by atoms with Gasteiger partial charge in [0, 0.05) is 6.20 Å². The number of hydrogen-bond donors (Lipinski definition) is 1. The Hall–Kier alpha value is -2.05. The predicted octanol–water partition coefficient (Wildman–Crippen LogP) is 4.26. The van der Waals surface area contributed by atoms with Gasteiger partial charge in [-0.3, -0.25) is 9.61 Å². The highest BCUT2D eigenvalue weighted by Gasteiger charge is 2.36. The Balaban J connectivity index is 2.17. The SMILES string of the molecule is O=[P@@](Nc1ccccn1)(OCC(F)(F)F)Oc1ccccc1. The molecule has 2 rings (SSSR count). The van der Waals surface area contributed by atoms with E-state index in [0.29, 0.717) is 0 Å². The van der Waals surface area contributed by atoms with Crippen molar-refractivity contribution in [1.82, 2.24) is 4.98 Å². The van der Waals surface area contributed by atoms with Crippen molar-refractivity contribution in [1.29, 1.82) is 0 Å². The third-order valence-corrected chi connectivity index (χ3v) is 3.71. The highest BCUT2D eigenvalue weighted by atomic mass is 31.2. The summed E-state index contributed by atoms with van der Waals surface area (Å²) in [5.41, 5.74) is 0. The molecule has 2 aromatic rings. The van der Waals surface area contributed by atoms with Crippen molar-refractivity contribution in [3.63, 3.8) is 0 Å². The summed E-state index contributed by atoms with van der Waals surface area (Å²) in [5.74, 6) is 0.181. The second-order valence-electron chi connectivity index (χ2n) is 4.12. The zero-order valence-corrected chi connectivity index (χ0v) is 12.1. The van der Waals surface area contributed by atoms with E-state index < -0.39 is 20.5 Å². The van der Waals surface area contributed by atoms with Crippen molar-refractivity contribution < 1.29 is 26.8 Å². The number of benzene rings is 1. The van der Waals surface area contributed by atoms with Gasteiger partial charge in [-0.15, -0.1) is 0 Å². The molecule has 1 aromatic heterocycles. The summed E-state index contributed by atoms with van der Waals surface area (Å²) < 4.78 is 59.0. The van der Waals surface area contributed by atoms with Crippen molar-refractivity contribution in [3.05, 3.63) is 54.7 Å². The van der Waals surface area contributed by atoms with Crippen molar-refractivity contribution in [2.45, 2.75) is 6.18 Å². The number of nitrogens with zero attached hydrogens (tertiary/aromatic N) is 1. The van der Waals surface area contributed by atoms with Crippen LogP contribution in [0.25, 0.3) is 0 Å². The second kappa shape index (κ2) is 6.81. The molecule has 9 heteroatoms. The fourth-order valence-electron chi connectivity index (χ4n) is 1.43. The second-order valence-corrected chi connectivity index (χ2v) is 5.78. The van der Waals surface area contributed by atoms with Gasteiger partial charge in [0.15, 0.2) is 6.61 Å². The molecule has 0 spiro atoms. The number of alkyl halides is 3. The summed E-state index contributed by atoms with van der Waals surface area (Å²) in [5, 5.41) is 2.28. The molecule has 0 amide bonds. The van der Waals surface area contributed by atoms with E-state index in [0.717, 1.165) is 0 Å². The van der Waals surface area contributed by atoms with Crippen LogP contribution in [-0.4, -0.2) is 17.8 Å². The minimum Gasteiger partial charge on any atom is -0.409 e. The Morgan fingerprint density at radius 1 is 1.09 bits per heavy atom. The van der Waals surface area contributed by atoms with Crippen LogP contribution in [0, 0.1) is 0 Å². The Morgan fingerprint density at radius 3 is 2.36 bits per heavy atom. The minimum atomic E-state index is -4.64. The molecule has 118 valence electrons. The highest BCUT2D eigenvalue weighted by Crippen LogP contribution is 2.48. The highest BCUT2D eigenvalue weighted by molar-refractivity contribution is 7.55. The predicted molar refractivity (Wildman–Crippen MR) is 74.5 cm³/mol. The molecule has 1 atom stereocenters. The Morgan fingerprint density at radius 2 is 1.77 bits per heavy atom. The standard InChI is InChI=1S/C13H12F3N2O3P/c14-13(15,16)10-20-22(19,18-12-8-4-5-9-17-12)21-11-6-2-1-3-7-11/h1-9H,10H2,(H,17,18,19)/t22-/m0/s1. The van der Waals surface area contributed by atoms with Crippen LogP contribution in [0.3, 0.4) is 0 Å². The summed E-state index contributed by atoms with van der Waals surface area (Å²) in [6.07, 6.45) is -3.25. The number of rotatable bonds is 6. The summed E-state index contributed by atoms with van der Waals surface area (Å²) in [6.45, 7) is -1.71. The molecule has 1 heterocycles. The van der Waals surface area contributed by atoms with E-state index in [1.54, 1.807) is 30.3 Å². The number of hydrogen-bond acceptors (Lipinski definition) is 4. The number of pyridine rings is 1. The van der Waals surface area contributed by atoms with Gasteiger partial charge in [-0.25, -0.2) is 9.55 Å². The van der Waals surface area contributed by atoms with Crippen molar-refractivity contribution in [2.24, 2.45) is 0 Å². The van der Waals surface area contributed by atoms with Crippen LogP contribution in [-0.2, 0) is 9.09 Å². The topological polar surface area (TPSA) is 60.5 Å². The summed E-state index contributed by atoms with van der Waals surface area (Å²) in [6, 6.07) is 12.4. The molecule has 5 nitrogen and oxygen atoms in total. The third kappa shape index (κ3) is 5.38. The lowest BCUT2D eigenvalue weighted by Gasteiger charge is -2.20. The zero-order valence-electron chi connectivity index (χ0n) is 11.2. The van der Waals surface area contributed by atoms with Crippen LogP contribution in [0.15, 0.2) is 54.7 Å². The first-order chi connectivity index (χ1) is 10.4. The van der Waals surface area contributed by atoms with E-state index in [-0.39, 0.29) is 11.6 Å². The molecule has 0 fully saturated rings. The average molecular weight is 332 g/mol. The molecule has 1 aromatic carbocycles. The quantitative estimate of drug-likeness (QED) is 0.801. The van der Waals surface area contributed by atoms with Gasteiger partial charge in [-0.1, -0.05) is 24.3 Å². The maximum atomic E-state index is 12.5. The average Bonchev–Trinajstić information content (AvgIpc) is 2.47. The maximum Gasteiger partial charge on any atom is 0.487 e. The van der Waals surface area contributed by atoms with E-state index >= 15 is 0 Å². The molecule has 0 unspecified atom stereocenters. The summed E-state index contributed by atoms with van der Waals surface area (Å²) >= 11 is 0. The molecular formula is C13H12F3N2O3P. The summed E-state index contributed by atoms with van der Waals surface area (Å²) in [7, 11) is -4.29. The molecule has 0 radical (unpaired) electrons. The Bertz CT molecular complexity index is 592. The Kier molecular flexibility index (Phi) is 5.05. The van der Waals surface area contributed by atoms with E-state index in [2.05, 4.69) is 14.6 Å². The fourth-order valence-corrected chi connectivity index (χ4v) is 2.72. The van der Waals surface area contributed by atoms with Crippen molar-refractivity contribution in [3.8, 4) is 5.75 Å². The zero-order chi connectivity index (χ0) is 16.1. The smallest absolute Gasteiger partial charge is 0.409 e. The van der Waals surface area contributed by atoms with E-state index in [1.165, 1.54) is 24.4 Å². The van der Waals surface area contributed by atoms with Gasteiger partial charge in [0.1, 0.15) is 11.6 Å². The van der Waals surface area contributed by atoms with Crippen LogP contribution in [0.2, 0.25) is 0 Å². The molecule has 0 aliphatic carbocycles. The number of aromatic nitrogens is 1. The van der Waals surface area contributed by atoms with E-state index in [1.807, 2.05) is 0 Å². The third-order valence-electron chi connectivity index (χ3n) is 2.28. The molecule has 0 aliphatic heterocycles. The Labute approximate surface area is 124 Å². The molecule has 0 bridgehead atoms. The van der Waals surface area contributed by atoms with Gasteiger partial charge in [0.2, 0.25) is 0 Å². The molecular weight excluding hydrogens is 320 g/mol. The normalized spacial score (nSPS) is 14.1.